The standard InChI is InChI=1S/C21H24N2O5/c1-14-8-17(21(26)23-6-7-27-18(12-23)10-19(24)25)9-15(2)20(14)28-13-16-4-3-5-22-11-16/h3-5,8-9,11,18H,6-7,10,12-13H2,1-2H3,(H,24,25). The average molecular weight is 384 g/mol. The monoisotopic (exact) mass is 384 g/mol. The largest absolute Gasteiger partial charge is 0.488 e. The third-order valence-corrected chi connectivity index (χ3v) is 4.64. The quantitative estimate of drug-likeness (QED) is 0.824. The Labute approximate surface area is 163 Å². The highest BCUT2D eigenvalue weighted by atomic mass is 16.5. The highest BCUT2D eigenvalue weighted by Gasteiger charge is 2.27. The van der Waals surface area contributed by atoms with Crippen molar-refractivity contribution in [2.75, 3.05) is 19.7 Å². The number of rotatable bonds is 6. The maximum atomic E-state index is 12.9. The zero-order valence-corrected chi connectivity index (χ0v) is 16.1. The van der Waals surface area contributed by atoms with Crippen LogP contribution < -0.4 is 4.74 Å². The molecule has 1 unspecified atom stereocenters. The van der Waals surface area contributed by atoms with Crippen molar-refractivity contribution < 1.29 is 24.2 Å². The van der Waals surface area contributed by atoms with Gasteiger partial charge in [0.1, 0.15) is 12.4 Å². The summed E-state index contributed by atoms with van der Waals surface area (Å²) >= 11 is 0. The van der Waals surface area contributed by atoms with Crippen LogP contribution in [0.3, 0.4) is 0 Å². The number of morpholine rings is 1. The molecule has 0 radical (unpaired) electrons. The van der Waals surface area contributed by atoms with E-state index < -0.39 is 12.1 Å². The van der Waals surface area contributed by atoms with Gasteiger partial charge in [-0.3, -0.25) is 14.6 Å². The molecule has 1 N–H and O–H groups in total. The first kappa shape index (κ1) is 19.8. The molecule has 0 aliphatic carbocycles. The number of pyridine rings is 1. The van der Waals surface area contributed by atoms with E-state index in [0.29, 0.717) is 25.3 Å². The first-order valence-corrected chi connectivity index (χ1v) is 9.19. The number of aryl methyl sites for hydroxylation is 2. The Kier molecular flexibility index (Phi) is 6.26. The molecule has 1 aliphatic heterocycles. The summed E-state index contributed by atoms with van der Waals surface area (Å²) in [5.74, 6) is -0.295. The molecule has 1 amide bonds. The highest BCUT2D eigenvalue weighted by Crippen LogP contribution is 2.27. The van der Waals surface area contributed by atoms with Gasteiger partial charge in [0.25, 0.3) is 5.91 Å². The van der Waals surface area contributed by atoms with Crippen molar-refractivity contribution in [1.82, 2.24) is 9.88 Å². The van der Waals surface area contributed by atoms with E-state index in [4.69, 9.17) is 14.6 Å². The third kappa shape index (κ3) is 4.86. The molecule has 0 spiro atoms. The number of amides is 1. The smallest absolute Gasteiger partial charge is 0.306 e. The highest BCUT2D eigenvalue weighted by molar-refractivity contribution is 5.95. The van der Waals surface area contributed by atoms with E-state index in [0.717, 1.165) is 22.4 Å². The summed E-state index contributed by atoms with van der Waals surface area (Å²) in [6.45, 7) is 5.30. The Morgan fingerprint density at radius 1 is 1.32 bits per heavy atom. The van der Waals surface area contributed by atoms with E-state index >= 15 is 0 Å². The molecule has 1 saturated heterocycles. The second kappa shape index (κ2) is 8.84. The molecular formula is C21H24N2O5. The van der Waals surface area contributed by atoms with Crippen molar-refractivity contribution in [3.8, 4) is 5.75 Å². The van der Waals surface area contributed by atoms with Gasteiger partial charge >= 0.3 is 5.97 Å². The fourth-order valence-corrected chi connectivity index (χ4v) is 3.35. The number of ether oxygens (including phenoxy) is 2. The lowest BCUT2D eigenvalue weighted by Crippen LogP contribution is -2.46. The molecule has 1 atom stereocenters. The van der Waals surface area contributed by atoms with Crippen LogP contribution in [0, 0.1) is 13.8 Å². The number of hydrogen-bond donors (Lipinski definition) is 1. The fourth-order valence-electron chi connectivity index (χ4n) is 3.35. The molecule has 3 rings (SSSR count). The van der Waals surface area contributed by atoms with Gasteiger partial charge in [-0.05, 0) is 43.2 Å². The molecule has 1 aliphatic rings. The van der Waals surface area contributed by atoms with Crippen LogP contribution in [-0.4, -0.2) is 52.7 Å². The van der Waals surface area contributed by atoms with Crippen LogP contribution in [0.1, 0.15) is 33.5 Å². The van der Waals surface area contributed by atoms with E-state index in [2.05, 4.69) is 4.98 Å². The molecule has 7 heteroatoms. The van der Waals surface area contributed by atoms with Gasteiger partial charge in [-0.25, -0.2) is 0 Å². The number of carbonyl (C=O) groups is 2. The van der Waals surface area contributed by atoms with Gasteiger partial charge < -0.3 is 19.5 Å². The summed E-state index contributed by atoms with van der Waals surface area (Å²) in [5, 5.41) is 8.94. The number of aliphatic carboxylic acids is 1. The normalized spacial score (nSPS) is 16.6. The summed E-state index contributed by atoms with van der Waals surface area (Å²) in [6, 6.07) is 7.44. The Morgan fingerprint density at radius 2 is 2.07 bits per heavy atom. The van der Waals surface area contributed by atoms with Crippen LogP contribution in [-0.2, 0) is 16.1 Å². The van der Waals surface area contributed by atoms with Crippen molar-refractivity contribution in [2.45, 2.75) is 33.0 Å². The molecule has 0 saturated carbocycles. The molecule has 28 heavy (non-hydrogen) atoms. The minimum atomic E-state index is -0.930. The zero-order chi connectivity index (χ0) is 20.1. The maximum absolute atomic E-state index is 12.9. The number of carbonyl (C=O) groups excluding carboxylic acids is 1. The first-order chi connectivity index (χ1) is 13.4. The maximum Gasteiger partial charge on any atom is 0.306 e. The van der Waals surface area contributed by atoms with Crippen LogP contribution in [0.25, 0.3) is 0 Å². The van der Waals surface area contributed by atoms with Crippen LogP contribution in [0.15, 0.2) is 36.7 Å². The Morgan fingerprint density at radius 3 is 2.71 bits per heavy atom. The van der Waals surface area contributed by atoms with Gasteiger partial charge in [-0.15, -0.1) is 0 Å². The van der Waals surface area contributed by atoms with Crippen LogP contribution >= 0.6 is 0 Å². The number of carboxylic acid groups (broad SMARTS) is 1. The second-order valence-electron chi connectivity index (χ2n) is 6.93. The Bertz CT molecular complexity index is 830. The van der Waals surface area contributed by atoms with E-state index in [1.54, 1.807) is 17.3 Å². The molecule has 1 aromatic carbocycles. The van der Waals surface area contributed by atoms with Gasteiger partial charge in [-0.2, -0.15) is 0 Å². The number of aromatic nitrogens is 1. The summed E-state index contributed by atoms with van der Waals surface area (Å²) < 4.78 is 11.4. The molecule has 2 heterocycles. The zero-order valence-electron chi connectivity index (χ0n) is 16.1. The number of nitrogens with zero attached hydrogens (tertiary/aromatic N) is 2. The van der Waals surface area contributed by atoms with Crippen molar-refractivity contribution in [2.24, 2.45) is 0 Å². The van der Waals surface area contributed by atoms with Crippen LogP contribution in [0.4, 0.5) is 0 Å². The summed E-state index contributed by atoms with van der Waals surface area (Å²) in [7, 11) is 0. The van der Waals surface area contributed by atoms with Crippen LogP contribution in [0.5, 0.6) is 5.75 Å². The summed E-state index contributed by atoms with van der Waals surface area (Å²) in [5.41, 5.74) is 3.30. The molecule has 2 aromatic rings. The molecule has 1 fully saturated rings. The lowest BCUT2D eigenvalue weighted by Gasteiger charge is -2.32. The van der Waals surface area contributed by atoms with Gasteiger partial charge in [0.05, 0.1) is 19.1 Å². The average Bonchev–Trinajstić information content (AvgIpc) is 2.67. The van der Waals surface area contributed by atoms with E-state index in [-0.39, 0.29) is 18.9 Å². The van der Waals surface area contributed by atoms with Crippen molar-refractivity contribution in [3.63, 3.8) is 0 Å². The second-order valence-corrected chi connectivity index (χ2v) is 6.93. The molecule has 0 bridgehead atoms. The van der Waals surface area contributed by atoms with Crippen LogP contribution in [0.2, 0.25) is 0 Å². The Balaban J connectivity index is 1.70. The molecule has 7 nitrogen and oxygen atoms in total. The van der Waals surface area contributed by atoms with Crippen molar-refractivity contribution >= 4 is 11.9 Å². The Hall–Kier alpha value is -2.93. The van der Waals surface area contributed by atoms with E-state index in [1.165, 1.54) is 0 Å². The number of carboxylic acids is 1. The predicted octanol–water partition coefficient (Wildman–Crippen LogP) is 2.59. The SMILES string of the molecule is Cc1cc(C(=O)N2CCOC(CC(=O)O)C2)cc(C)c1OCc1cccnc1. The lowest BCUT2D eigenvalue weighted by atomic mass is 10.0. The van der Waals surface area contributed by atoms with Gasteiger partial charge in [0.2, 0.25) is 0 Å². The van der Waals surface area contributed by atoms with Crippen molar-refractivity contribution in [1.29, 1.82) is 0 Å². The fraction of sp³-hybridized carbons (Fsp3) is 0.381. The van der Waals surface area contributed by atoms with Crippen molar-refractivity contribution in [3.05, 3.63) is 58.9 Å². The topological polar surface area (TPSA) is 89.0 Å². The minimum absolute atomic E-state index is 0.108. The summed E-state index contributed by atoms with van der Waals surface area (Å²) in [6.07, 6.45) is 2.89. The lowest BCUT2D eigenvalue weighted by molar-refractivity contribution is -0.141. The minimum Gasteiger partial charge on any atom is -0.488 e. The van der Waals surface area contributed by atoms with E-state index in [9.17, 15) is 9.59 Å². The van der Waals surface area contributed by atoms with Gasteiger partial charge in [-0.1, -0.05) is 6.07 Å². The first-order valence-electron chi connectivity index (χ1n) is 9.19. The molecular weight excluding hydrogens is 360 g/mol. The van der Waals surface area contributed by atoms with E-state index in [1.807, 2.05) is 38.1 Å². The number of benzene rings is 1. The van der Waals surface area contributed by atoms with Gasteiger partial charge in [0, 0.05) is 36.6 Å². The number of hydrogen-bond acceptors (Lipinski definition) is 5. The molecule has 1 aromatic heterocycles. The summed E-state index contributed by atoms with van der Waals surface area (Å²) in [4.78, 5) is 29.5. The third-order valence-electron chi connectivity index (χ3n) is 4.64. The molecule has 148 valence electrons. The van der Waals surface area contributed by atoms with Gasteiger partial charge in [0.15, 0.2) is 0 Å². The predicted molar refractivity (Wildman–Crippen MR) is 102 cm³/mol.